The molecule has 0 saturated heterocycles. The molecule has 0 aliphatic heterocycles. The topological polar surface area (TPSA) is 67.5 Å². The van der Waals surface area contributed by atoms with Crippen molar-refractivity contribution in [2.24, 2.45) is 0 Å². The van der Waals surface area contributed by atoms with Gasteiger partial charge in [-0.3, -0.25) is 0 Å². The Hall–Kier alpha value is -1.85. The van der Waals surface area contributed by atoms with Gasteiger partial charge in [0, 0.05) is 12.6 Å². The molecule has 5 nitrogen and oxygen atoms in total. The van der Waals surface area contributed by atoms with Crippen LogP contribution in [0.3, 0.4) is 0 Å². The Balaban J connectivity index is 1.73. The highest BCUT2D eigenvalue weighted by Gasteiger charge is 2.09. The lowest BCUT2D eigenvalue weighted by Gasteiger charge is -2.15. The molecule has 0 spiro atoms. The molecule has 0 aliphatic carbocycles. The maximum atomic E-state index is 9.94. The van der Waals surface area contributed by atoms with E-state index in [1.807, 2.05) is 45.0 Å². The average Bonchev–Trinajstić information content (AvgIpc) is 2.84. The van der Waals surface area contributed by atoms with Gasteiger partial charge in [-0.05, 0) is 31.9 Å². The molecule has 0 saturated carbocycles. The number of aromatic nitrogens is 1. The van der Waals surface area contributed by atoms with Gasteiger partial charge in [-0.25, -0.2) is 0 Å². The summed E-state index contributed by atoms with van der Waals surface area (Å²) >= 11 is 0. The molecule has 1 aromatic carbocycles. The highest BCUT2D eigenvalue weighted by molar-refractivity contribution is 5.39. The van der Waals surface area contributed by atoms with E-state index < -0.39 is 6.10 Å². The molecule has 1 aromatic heterocycles. The molecule has 0 radical (unpaired) electrons. The number of benzene rings is 1. The minimum absolute atomic E-state index is 0.258. The zero-order valence-electron chi connectivity index (χ0n) is 12.7. The van der Waals surface area contributed by atoms with Crippen molar-refractivity contribution in [3.8, 4) is 5.75 Å². The molecule has 21 heavy (non-hydrogen) atoms. The van der Waals surface area contributed by atoms with E-state index in [1.165, 1.54) is 0 Å². The number of nitrogens with one attached hydrogen (secondary N) is 1. The number of hydrogen-bond donors (Lipinski definition) is 2. The second-order valence-corrected chi connectivity index (χ2v) is 5.25. The van der Waals surface area contributed by atoms with Gasteiger partial charge in [0.1, 0.15) is 18.5 Å². The Morgan fingerprint density at radius 3 is 2.62 bits per heavy atom. The van der Waals surface area contributed by atoms with Crippen molar-refractivity contribution in [1.82, 2.24) is 10.5 Å². The summed E-state index contributed by atoms with van der Waals surface area (Å²) in [5, 5.41) is 16.9. The van der Waals surface area contributed by atoms with Crippen LogP contribution in [0.5, 0.6) is 5.75 Å². The van der Waals surface area contributed by atoms with Crippen molar-refractivity contribution < 1.29 is 14.4 Å². The minimum atomic E-state index is -0.576. The van der Waals surface area contributed by atoms with Crippen LogP contribution >= 0.6 is 0 Å². The monoisotopic (exact) mass is 290 g/mol. The van der Waals surface area contributed by atoms with Crippen LogP contribution in [0.4, 0.5) is 0 Å². The number of ether oxygens (including phenoxy) is 1. The SMILES string of the molecule is Cc1cc(CNCC(O)COc2c(C)cccc2C)on1. The number of nitrogens with zero attached hydrogens (tertiary/aromatic N) is 1. The van der Waals surface area contributed by atoms with Crippen LogP contribution in [0.15, 0.2) is 28.8 Å². The lowest BCUT2D eigenvalue weighted by Crippen LogP contribution is -2.31. The summed E-state index contributed by atoms with van der Waals surface area (Å²) in [6, 6.07) is 7.86. The van der Waals surface area contributed by atoms with Gasteiger partial charge in [-0.2, -0.15) is 0 Å². The van der Waals surface area contributed by atoms with Crippen molar-refractivity contribution in [2.45, 2.75) is 33.4 Å². The standard InChI is InChI=1S/C16H22N2O3/c1-11-5-4-6-12(2)16(11)20-10-14(19)8-17-9-15-7-13(3)18-21-15/h4-7,14,17,19H,8-10H2,1-3H3. The smallest absolute Gasteiger partial charge is 0.150 e. The van der Waals surface area contributed by atoms with E-state index in [4.69, 9.17) is 9.26 Å². The first kappa shape index (κ1) is 15.5. The fourth-order valence-corrected chi connectivity index (χ4v) is 2.13. The quantitative estimate of drug-likeness (QED) is 0.817. The van der Waals surface area contributed by atoms with E-state index in [1.54, 1.807) is 0 Å². The van der Waals surface area contributed by atoms with Gasteiger partial charge in [0.25, 0.3) is 0 Å². The second-order valence-electron chi connectivity index (χ2n) is 5.25. The molecule has 0 bridgehead atoms. The van der Waals surface area contributed by atoms with E-state index in [0.29, 0.717) is 13.1 Å². The number of rotatable bonds is 7. The summed E-state index contributed by atoms with van der Waals surface area (Å²) in [4.78, 5) is 0. The molecular weight excluding hydrogens is 268 g/mol. The Morgan fingerprint density at radius 2 is 2.00 bits per heavy atom. The lowest BCUT2D eigenvalue weighted by atomic mass is 10.1. The number of aliphatic hydroxyl groups is 1. The molecular formula is C16H22N2O3. The number of aryl methyl sites for hydroxylation is 3. The number of para-hydroxylation sites is 1. The third kappa shape index (κ3) is 4.58. The zero-order chi connectivity index (χ0) is 15.2. The van der Waals surface area contributed by atoms with Crippen molar-refractivity contribution in [2.75, 3.05) is 13.2 Å². The van der Waals surface area contributed by atoms with Crippen LogP contribution in [0, 0.1) is 20.8 Å². The summed E-state index contributed by atoms with van der Waals surface area (Å²) in [6.07, 6.45) is -0.576. The molecule has 1 unspecified atom stereocenters. The van der Waals surface area contributed by atoms with Gasteiger partial charge in [-0.1, -0.05) is 23.4 Å². The van der Waals surface area contributed by atoms with Gasteiger partial charge in [0.2, 0.25) is 0 Å². The van der Waals surface area contributed by atoms with Gasteiger partial charge in [-0.15, -0.1) is 0 Å². The first-order valence-corrected chi connectivity index (χ1v) is 7.06. The molecule has 2 N–H and O–H groups in total. The van der Waals surface area contributed by atoms with Crippen molar-refractivity contribution >= 4 is 0 Å². The Labute approximate surface area is 124 Å². The lowest BCUT2D eigenvalue weighted by molar-refractivity contribution is 0.105. The fraction of sp³-hybridized carbons (Fsp3) is 0.438. The minimum Gasteiger partial charge on any atom is -0.490 e. The average molecular weight is 290 g/mol. The van der Waals surface area contributed by atoms with Crippen LogP contribution in [-0.2, 0) is 6.54 Å². The van der Waals surface area contributed by atoms with Crippen LogP contribution in [0.1, 0.15) is 22.6 Å². The zero-order valence-corrected chi connectivity index (χ0v) is 12.7. The van der Waals surface area contributed by atoms with Gasteiger partial charge < -0.3 is 19.7 Å². The third-order valence-electron chi connectivity index (χ3n) is 3.18. The van der Waals surface area contributed by atoms with Crippen molar-refractivity contribution in [1.29, 1.82) is 0 Å². The summed E-state index contributed by atoms with van der Waals surface area (Å²) in [6.45, 7) is 7.11. The van der Waals surface area contributed by atoms with E-state index in [2.05, 4.69) is 10.5 Å². The highest BCUT2D eigenvalue weighted by Crippen LogP contribution is 2.22. The van der Waals surface area contributed by atoms with Crippen LogP contribution in [0.2, 0.25) is 0 Å². The van der Waals surface area contributed by atoms with E-state index in [0.717, 1.165) is 28.3 Å². The Bertz CT molecular complexity index is 560. The molecule has 2 rings (SSSR count). The molecule has 1 heterocycles. The predicted molar refractivity (Wildman–Crippen MR) is 80.4 cm³/mol. The van der Waals surface area contributed by atoms with E-state index in [-0.39, 0.29) is 6.61 Å². The predicted octanol–water partition coefficient (Wildman–Crippen LogP) is 2.13. The summed E-state index contributed by atoms with van der Waals surface area (Å²) in [5.41, 5.74) is 3.00. The van der Waals surface area contributed by atoms with Crippen LogP contribution in [-0.4, -0.2) is 29.5 Å². The second kappa shape index (κ2) is 7.24. The van der Waals surface area contributed by atoms with E-state index >= 15 is 0 Å². The Kier molecular flexibility index (Phi) is 5.36. The van der Waals surface area contributed by atoms with Crippen LogP contribution in [0.25, 0.3) is 0 Å². The summed E-state index contributed by atoms with van der Waals surface area (Å²) < 4.78 is 10.8. The molecule has 0 fully saturated rings. The summed E-state index contributed by atoms with van der Waals surface area (Å²) in [7, 11) is 0. The molecule has 5 heteroatoms. The number of hydrogen-bond acceptors (Lipinski definition) is 5. The maximum Gasteiger partial charge on any atom is 0.150 e. The molecule has 0 amide bonds. The van der Waals surface area contributed by atoms with Gasteiger partial charge >= 0.3 is 0 Å². The molecule has 1 atom stereocenters. The first-order chi connectivity index (χ1) is 10.1. The summed E-state index contributed by atoms with van der Waals surface area (Å²) in [5.74, 6) is 1.61. The van der Waals surface area contributed by atoms with Crippen molar-refractivity contribution in [3.05, 3.63) is 46.8 Å². The van der Waals surface area contributed by atoms with Crippen molar-refractivity contribution in [3.63, 3.8) is 0 Å². The fourth-order valence-electron chi connectivity index (χ4n) is 2.13. The molecule has 0 aliphatic rings. The van der Waals surface area contributed by atoms with Crippen LogP contribution < -0.4 is 10.1 Å². The van der Waals surface area contributed by atoms with E-state index in [9.17, 15) is 5.11 Å². The third-order valence-corrected chi connectivity index (χ3v) is 3.18. The number of aliphatic hydroxyl groups excluding tert-OH is 1. The normalized spacial score (nSPS) is 12.4. The maximum absolute atomic E-state index is 9.94. The molecule has 2 aromatic rings. The highest BCUT2D eigenvalue weighted by atomic mass is 16.5. The van der Waals surface area contributed by atoms with Gasteiger partial charge in [0.15, 0.2) is 5.76 Å². The first-order valence-electron chi connectivity index (χ1n) is 7.06. The molecule has 114 valence electrons. The largest absolute Gasteiger partial charge is 0.490 e. The Morgan fingerprint density at radius 1 is 1.29 bits per heavy atom. The van der Waals surface area contributed by atoms with Gasteiger partial charge in [0.05, 0.1) is 12.2 Å².